The van der Waals surface area contributed by atoms with Gasteiger partial charge in [0, 0.05) is 32.7 Å². The van der Waals surface area contributed by atoms with Crippen LogP contribution in [0.2, 0.25) is 0 Å². The Morgan fingerprint density at radius 1 is 0.886 bits per heavy atom. The van der Waals surface area contributed by atoms with Crippen molar-refractivity contribution in [3.63, 3.8) is 0 Å². The third-order valence-corrected chi connectivity index (χ3v) is 8.17. The lowest BCUT2D eigenvalue weighted by atomic mass is 9.85. The van der Waals surface area contributed by atoms with E-state index < -0.39 is 5.60 Å². The molecule has 1 unspecified atom stereocenters. The highest BCUT2D eigenvalue weighted by atomic mass is 32.1. The fourth-order valence-corrected chi connectivity index (χ4v) is 5.99. The van der Waals surface area contributed by atoms with Crippen molar-refractivity contribution in [2.24, 2.45) is 5.92 Å². The number of thiophene rings is 1. The average Bonchev–Trinajstić information content (AvgIpc) is 3.57. The highest BCUT2D eigenvalue weighted by molar-refractivity contribution is 7.07. The lowest BCUT2D eigenvalue weighted by molar-refractivity contribution is -0.0313. The Hall–Kier alpha value is -1.98. The molecule has 0 bridgehead atoms. The smallest absolute Gasteiger partial charge is 0.0672 e. The molecule has 2 aliphatic heterocycles. The first-order chi connectivity index (χ1) is 17.1. The van der Waals surface area contributed by atoms with Gasteiger partial charge in [0.15, 0.2) is 0 Å². The van der Waals surface area contributed by atoms with E-state index >= 15 is 0 Å². The SMILES string of the molecule is Cc1cccc(CN2CCC(CN3CCC(O)(CCCc4ccccc4)CC3)C2)c1.c1ccsc1. The van der Waals surface area contributed by atoms with Gasteiger partial charge < -0.3 is 10.0 Å². The molecule has 5 rings (SSSR count). The zero-order chi connectivity index (χ0) is 24.3. The molecule has 1 N–H and O–H groups in total. The van der Waals surface area contributed by atoms with Gasteiger partial charge in [-0.25, -0.2) is 0 Å². The average molecular weight is 491 g/mol. The van der Waals surface area contributed by atoms with Crippen LogP contribution in [0.3, 0.4) is 0 Å². The van der Waals surface area contributed by atoms with Gasteiger partial charge in [-0.2, -0.15) is 11.3 Å². The molecule has 0 amide bonds. The summed E-state index contributed by atoms with van der Waals surface area (Å²) in [5.74, 6) is 0.777. The van der Waals surface area contributed by atoms with Gasteiger partial charge in [0.25, 0.3) is 0 Å². The molecule has 2 fully saturated rings. The predicted octanol–water partition coefficient (Wildman–Crippen LogP) is 6.41. The van der Waals surface area contributed by atoms with Gasteiger partial charge in [-0.05, 0) is 79.8 Å². The summed E-state index contributed by atoms with van der Waals surface area (Å²) in [5, 5.41) is 15.1. The monoisotopic (exact) mass is 490 g/mol. The Labute approximate surface area is 216 Å². The van der Waals surface area contributed by atoms with Crippen LogP contribution in [-0.4, -0.2) is 53.2 Å². The van der Waals surface area contributed by atoms with Crippen molar-refractivity contribution in [1.29, 1.82) is 0 Å². The molecule has 0 spiro atoms. The number of likely N-dealkylation sites (tertiary alicyclic amines) is 2. The lowest BCUT2D eigenvalue weighted by Gasteiger charge is -2.39. The molecule has 0 radical (unpaired) electrons. The second kappa shape index (κ2) is 13.4. The summed E-state index contributed by atoms with van der Waals surface area (Å²) in [6.45, 7) is 8.99. The number of hydrogen-bond donors (Lipinski definition) is 1. The van der Waals surface area contributed by atoms with Crippen molar-refractivity contribution in [3.05, 3.63) is 94.2 Å². The van der Waals surface area contributed by atoms with E-state index in [1.807, 2.05) is 22.9 Å². The third-order valence-electron chi connectivity index (χ3n) is 7.54. The summed E-state index contributed by atoms with van der Waals surface area (Å²) in [7, 11) is 0. The number of aliphatic hydroxyl groups is 1. The fraction of sp³-hybridized carbons (Fsp3) is 0.484. The number of hydrogen-bond acceptors (Lipinski definition) is 4. The summed E-state index contributed by atoms with van der Waals surface area (Å²) in [4.78, 5) is 5.22. The molecule has 3 nitrogen and oxygen atoms in total. The van der Waals surface area contributed by atoms with Crippen molar-refractivity contribution in [1.82, 2.24) is 9.80 Å². The third kappa shape index (κ3) is 8.88. The molecule has 3 aromatic rings. The van der Waals surface area contributed by atoms with Gasteiger partial charge in [0.05, 0.1) is 5.60 Å². The summed E-state index contributed by atoms with van der Waals surface area (Å²) < 4.78 is 0. The Morgan fingerprint density at radius 3 is 2.31 bits per heavy atom. The van der Waals surface area contributed by atoms with Gasteiger partial charge >= 0.3 is 0 Å². The highest BCUT2D eigenvalue weighted by Crippen LogP contribution is 2.29. The Balaban J connectivity index is 0.000000514. The summed E-state index contributed by atoms with van der Waals surface area (Å²) >= 11 is 1.71. The number of piperidine rings is 1. The van der Waals surface area contributed by atoms with Crippen LogP contribution in [0.4, 0.5) is 0 Å². The molecular weight excluding hydrogens is 448 g/mol. The summed E-state index contributed by atoms with van der Waals surface area (Å²) in [6, 6.07) is 23.6. The molecule has 2 saturated heterocycles. The first kappa shape index (κ1) is 26.1. The summed E-state index contributed by atoms with van der Waals surface area (Å²) in [6.07, 6.45) is 6.26. The molecule has 1 atom stereocenters. The Morgan fingerprint density at radius 2 is 1.63 bits per heavy atom. The van der Waals surface area contributed by atoms with Crippen molar-refractivity contribution in [2.75, 3.05) is 32.7 Å². The van der Waals surface area contributed by atoms with Gasteiger partial charge in [-0.3, -0.25) is 4.90 Å². The molecular formula is C31H42N2OS. The summed E-state index contributed by atoms with van der Waals surface area (Å²) in [5.41, 5.74) is 3.73. The first-order valence-electron chi connectivity index (χ1n) is 13.3. The first-order valence-corrected chi connectivity index (χ1v) is 14.3. The lowest BCUT2D eigenvalue weighted by Crippen LogP contribution is -2.46. The van der Waals surface area contributed by atoms with E-state index in [-0.39, 0.29) is 0 Å². The van der Waals surface area contributed by atoms with Crippen LogP contribution in [0.1, 0.15) is 48.8 Å². The zero-order valence-electron chi connectivity index (χ0n) is 21.3. The molecule has 188 valence electrons. The number of aryl methyl sites for hydroxylation is 2. The second-order valence-electron chi connectivity index (χ2n) is 10.5. The van der Waals surface area contributed by atoms with Gasteiger partial charge in [-0.15, -0.1) is 0 Å². The van der Waals surface area contributed by atoms with Crippen molar-refractivity contribution < 1.29 is 5.11 Å². The van der Waals surface area contributed by atoms with Crippen molar-refractivity contribution in [2.45, 2.75) is 57.6 Å². The minimum Gasteiger partial charge on any atom is -0.390 e. The number of benzene rings is 2. The van der Waals surface area contributed by atoms with E-state index in [2.05, 4.69) is 71.3 Å². The van der Waals surface area contributed by atoms with E-state index in [0.717, 1.165) is 57.7 Å². The molecule has 1 aromatic heterocycles. The maximum Gasteiger partial charge on any atom is 0.0672 e. The van der Waals surface area contributed by atoms with Crippen LogP contribution < -0.4 is 0 Å². The topological polar surface area (TPSA) is 26.7 Å². The maximum absolute atomic E-state index is 11.0. The highest BCUT2D eigenvalue weighted by Gasteiger charge is 2.33. The normalized spacial score (nSPS) is 20.3. The van der Waals surface area contributed by atoms with Crippen molar-refractivity contribution >= 4 is 11.3 Å². The Bertz CT molecular complexity index is 949. The Kier molecular flexibility index (Phi) is 9.96. The molecule has 3 heterocycles. The van der Waals surface area contributed by atoms with E-state index in [0.29, 0.717) is 0 Å². The molecule has 2 aromatic carbocycles. The van der Waals surface area contributed by atoms with Crippen LogP contribution in [0, 0.1) is 12.8 Å². The number of rotatable bonds is 8. The number of nitrogens with zero attached hydrogens (tertiary/aromatic N) is 2. The van der Waals surface area contributed by atoms with Crippen LogP contribution >= 0.6 is 11.3 Å². The largest absolute Gasteiger partial charge is 0.390 e. The van der Waals surface area contributed by atoms with Crippen LogP contribution in [0.5, 0.6) is 0 Å². The molecule has 2 aliphatic rings. The van der Waals surface area contributed by atoms with E-state index in [4.69, 9.17) is 0 Å². The molecule has 0 aliphatic carbocycles. The van der Waals surface area contributed by atoms with Crippen LogP contribution in [-0.2, 0) is 13.0 Å². The fourth-order valence-electron chi connectivity index (χ4n) is 5.53. The maximum atomic E-state index is 11.0. The van der Waals surface area contributed by atoms with Crippen LogP contribution in [0.15, 0.2) is 77.5 Å². The second-order valence-corrected chi connectivity index (χ2v) is 11.4. The standard InChI is InChI=1S/C27H38N2O.C4H4S/c1-23-7-5-10-25(19-23)20-29-16-12-26(22-29)21-28-17-14-27(30,15-18-28)13-6-11-24-8-3-2-4-9-24;1-2-4-5-3-1/h2-5,7-10,19,26,30H,6,11-18,20-22H2,1H3;1-4H. The van der Waals surface area contributed by atoms with Crippen LogP contribution in [0.25, 0.3) is 0 Å². The predicted molar refractivity (Wildman–Crippen MR) is 149 cm³/mol. The van der Waals surface area contributed by atoms with Gasteiger partial charge in [0.2, 0.25) is 0 Å². The van der Waals surface area contributed by atoms with E-state index in [9.17, 15) is 5.11 Å². The van der Waals surface area contributed by atoms with Gasteiger partial charge in [-0.1, -0.05) is 72.3 Å². The minimum absolute atomic E-state index is 0.446. The molecule has 35 heavy (non-hydrogen) atoms. The molecule has 0 saturated carbocycles. The van der Waals surface area contributed by atoms with E-state index in [1.54, 1.807) is 11.3 Å². The van der Waals surface area contributed by atoms with Gasteiger partial charge in [0.1, 0.15) is 0 Å². The quantitative estimate of drug-likeness (QED) is 0.395. The minimum atomic E-state index is -0.446. The molecule has 4 heteroatoms. The van der Waals surface area contributed by atoms with E-state index in [1.165, 1.54) is 42.7 Å². The zero-order valence-corrected chi connectivity index (χ0v) is 22.1. The van der Waals surface area contributed by atoms with Crippen molar-refractivity contribution in [3.8, 4) is 0 Å².